The Bertz CT molecular complexity index is 613. The van der Waals surface area contributed by atoms with Crippen LogP contribution in [0.1, 0.15) is 18.4 Å². The summed E-state index contributed by atoms with van der Waals surface area (Å²) < 4.78 is 14.1. The van der Waals surface area contributed by atoms with E-state index in [4.69, 9.17) is 11.6 Å². The van der Waals surface area contributed by atoms with Gasteiger partial charge in [0, 0.05) is 22.4 Å². The van der Waals surface area contributed by atoms with Gasteiger partial charge >= 0.3 is 0 Å². The molecule has 104 valence electrons. The second kappa shape index (κ2) is 6.17. The number of rotatable bonds is 5. The summed E-state index contributed by atoms with van der Waals surface area (Å²) in [7, 11) is 0. The average Bonchev–Trinajstić information content (AvgIpc) is 3.26. The molecular formula is C16H15ClFNS. The molecule has 1 aliphatic rings. The minimum absolute atomic E-state index is 0.190. The molecule has 1 saturated carbocycles. The quantitative estimate of drug-likeness (QED) is 0.844. The van der Waals surface area contributed by atoms with Crippen LogP contribution in [0, 0.1) is 5.82 Å². The molecule has 3 rings (SSSR count). The fourth-order valence-corrected chi connectivity index (χ4v) is 3.03. The maximum Gasteiger partial charge on any atom is 0.137 e. The van der Waals surface area contributed by atoms with E-state index in [9.17, 15) is 4.39 Å². The fraction of sp³-hybridized carbons (Fsp3) is 0.250. The summed E-state index contributed by atoms with van der Waals surface area (Å²) in [6, 6.07) is 13.5. The number of nitrogens with one attached hydrogen (secondary N) is 1. The molecule has 1 N–H and O–H groups in total. The first-order valence-electron chi connectivity index (χ1n) is 6.66. The van der Waals surface area contributed by atoms with Gasteiger partial charge in [0.25, 0.3) is 0 Å². The summed E-state index contributed by atoms with van der Waals surface area (Å²) in [5.74, 6) is -0.190. The van der Waals surface area contributed by atoms with Crippen molar-refractivity contribution >= 4 is 23.4 Å². The first kappa shape index (κ1) is 13.9. The molecule has 4 heteroatoms. The zero-order valence-electron chi connectivity index (χ0n) is 10.9. The standard InChI is InChI=1S/C16H15ClFNS/c17-13-3-1-2-4-15(13)20-16-8-5-11(9-14(16)18)10-19-12-6-7-12/h1-5,8-9,12,19H,6-7,10H2. The van der Waals surface area contributed by atoms with E-state index in [1.165, 1.54) is 24.6 Å². The van der Waals surface area contributed by atoms with Crippen molar-refractivity contribution in [1.82, 2.24) is 5.32 Å². The lowest BCUT2D eigenvalue weighted by atomic mass is 10.2. The Morgan fingerprint density at radius 1 is 1.15 bits per heavy atom. The van der Waals surface area contributed by atoms with Gasteiger partial charge in [-0.3, -0.25) is 0 Å². The van der Waals surface area contributed by atoms with Crippen LogP contribution in [-0.2, 0) is 6.54 Å². The highest BCUT2D eigenvalue weighted by Gasteiger charge is 2.20. The molecule has 0 aromatic heterocycles. The Morgan fingerprint density at radius 2 is 1.95 bits per heavy atom. The van der Waals surface area contributed by atoms with Crippen LogP contribution in [0.25, 0.3) is 0 Å². The van der Waals surface area contributed by atoms with Gasteiger partial charge in [-0.15, -0.1) is 0 Å². The van der Waals surface area contributed by atoms with Crippen LogP contribution in [0.3, 0.4) is 0 Å². The molecular weight excluding hydrogens is 293 g/mol. The van der Waals surface area contributed by atoms with Crippen molar-refractivity contribution < 1.29 is 4.39 Å². The van der Waals surface area contributed by atoms with E-state index in [0.29, 0.717) is 16.0 Å². The van der Waals surface area contributed by atoms with Crippen LogP contribution in [-0.4, -0.2) is 6.04 Å². The molecule has 0 spiro atoms. The highest BCUT2D eigenvalue weighted by molar-refractivity contribution is 7.99. The Balaban J connectivity index is 1.71. The van der Waals surface area contributed by atoms with Crippen molar-refractivity contribution in [2.45, 2.75) is 35.2 Å². The first-order chi connectivity index (χ1) is 9.72. The van der Waals surface area contributed by atoms with Crippen LogP contribution >= 0.6 is 23.4 Å². The van der Waals surface area contributed by atoms with Crippen molar-refractivity contribution in [2.75, 3.05) is 0 Å². The summed E-state index contributed by atoms with van der Waals surface area (Å²) in [6.07, 6.45) is 2.48. The van der Waals surface area contributed by atoms with Crippen LogP contribution in [0.15, 0.2) is 52.3 Å². The molecule has 0 saturated heterocycles. The smallest absolute Gasteiger partial charge is 0.137 e. The van der Waals surface area contributed by atoms with Gasteiger partial charge in [0.05, 0.1) is 5.02 Å². The molecule has 0 bridgehead atoms. The van der Waals surface area contributed by atoms with Gasteiger partial charge in [-0.1, -0.05) is 41.6 Å². The zero-order valence-corrected chi connectivity index (χ0v) is 12.5. The normalized spacial score (nSPS) is 14.5. The van der Waals surface area contributed by atoms with Gasteiger partial charge in [0.1, 0.15) is 5.82 Å². The van der Waals surface area contributed by atoms with Crippen molar-refractivity contribution in [3.8, 4) is 0 Å². The molecule has 2 aromatic rings. The number of hydrogen-bond donors (Lipinski definition) is 1. The van der Waals surface area contributed by atoms with Gasteiger partial charge < -0.3 is 5.32 Å². The second-order valence-corrected chi connectivity index (χ2v) is 6.44. The zero-order chi connectivity index (χ0) is 13.9. The third-order valence-corrected chi connectivity index (χ3v) is 4.79. The molecule has 0 amide bonds. The van der Waals surface area contributed by atoms with E-state index in [-0.39, 0.29) is 5.82 Å². The van der Waals surface area contributed by atoms with E-state index in [1.54, 1.807) is 6.07 Å². The number of hydrogen-bond acceptors (Lipinski definition) is 2. The molecule has 0 heterocycles. The largest absolute Gasteiger partial charge is 0.310 e. The molecule has 1 aliphatic carbocycles. The van der Waals surface area contributed by atoms with Gasteiger partial charge in [0.2, 0.25) is 0 Å². The second-order valence-electron chi connectivity index (χ2n) is 4.95. The van der Waals surface area contributed by atoms with Crippen molar-refractivity contribution in [2.24, 2.45) is 0 Å². The summed E-state index contributed by atoms with van der Waals surface area (Å²) in [5.41, 5.74) is 0.984. The van der Waals surface area contributed by atoms with Crippen LogP contribution in [0.5, 0.6) is 0 Å². The van der Waals surface area contributed by atoms with E-state index in [1.807, 2.05) is 36.4 Å². The Labute approximate surface area is 127 Å². The minimum atomic E-state index is -0.190. The predicted molar refractivity (Wildman–Crippen MR) is 81.8 cm³/mol. The summed E-state index contributed by atoms with van der Waals surface area (Å²) >= 11 is 7.45. The molecule has 2 aromatic carbocycles. The van der Waals surface area contributed by atoms with E-state index >= 15 is 0 Å². The summed E-state index contributed by atoms with van der Waals surface area (Å²) in [5, 5.41) is 4.03. The van der Waals surface area contributed by atoms with Crippen molar-refractivity contribution in [3.05, 3.63) is 58.9 Å². The number of benzene rings is 2. The Morgan fingerprint density at radius 3 is 2.65 bits per heavy atom. The molecule has 1 fully saturated rings. The Hall–Kier alpha value is -1.03. The monoisotopic (exact) mass is 307 g/mol. The van der Waals surface area contributed by atoms with Crippen LogP contribution in [0.2, 0.25) is 5.02 Å². The van der Waals surface area contributed by atoms with Crippen molar-refractivity contribution in [3.63, 3.8) is 0 Å². The maximum atomic E-state index is 14.1. The lowest BCUT2D eigenvalue weighted by Crippen LogP contribution is -2.15. The van der Waals surface area contributed by atoms with E-state index in [0.717, 1.165) is 17.0 Å². The third-order valence-electron chi connectivity index (χ3n) is 3.23. The molecule has 0 atom stereocenters. The highest BCUT2D eigenvalue weighted by Crippen LogP contribution is 2.34. The van der Waals surface area contributed by atoms with Crippen molar-refractivity contribution in [1.29, 1.82) is 0 Å². The topological polar surface area (TPSA) is 12.0 Å². The van der Waals surface area contributed by atoms with Gasteiger partial charge in [0.15, 0.2) is 0 Å². The predicted octanol–water partition coefficient (Wildman–Crippen LogP) is 4.88. The lowest BCUT2D eigenvalue weighted by molar-refractivity contribution is 0.595. The van der Waals surface area contributed by atoms with Gasteiger partial charge in [-0.25, -0.2) is 4.39 Å². The average molecular weight is 308 g/mol. The maximum absolute atomic E-state index is 14.1. The van der Waals surface area contributed by atoms with Crippen LogP contribution in [0.4, 0.5) is 4.39 Å². The molecule has 0 unspecified atom stereocenters. The Kier molecular flexibility index (Phi) is 4.29. The third kappa shape index (κ3) is 3.54. The molecule has 0 aliphatic heterocycles. The summed E-state index contributed by atoms with van der Waals surface area (Å²) in [6.45, 7) is 0.735. The highest BCUT2D eigenvalue weighted by atomic mass is 35.5. The molecule has 20 heavy (non-hydrogen) atoms. The van der Waals surface area contributed by atoms with Crippen LogP contribution < -0.4 is 5.32 Å². The van der Waals surface area contributed by atoms with Gasteiger partial charge in [-0.05, 0) is 42.7 Å². The minimum Gasteiger partial charge on any atom is -0.310 e. The molecule has 1 nitrogen and oxygen atoms in total. The summed E-state index contributed by atoms with van der Waals surface area (Å²) in [4.78, 5) is 1.48. The van der Waals surface area contributed by atoms with E-state index < -0.39 is 0 Å². The first-order valence-corrected chi connectivity index (χ1v) is 7.86. The van der Waals surface area contributed by atoms with Gasteiger partial charge in [-0.2, -0.15) is 0 Å². The fourth-order valence-electron chi connectivity index (χ4n) is 1.93. The number of halogens is 2. The van der Waals surface area contributed by atoms with E-state index in [2.05, 4.69) is 5.32 Å². The SMILES string of the molecule is Fc1cc(CNC2CC2)ccc1Sc1ccccc1Cl. The molecule has 0 radical (unpaired) electrons. The lowest BCUT2D eigenvalue weighted by Gasteiger charge is -2.08.